The molecule has 2 aromatic carbocycles. The number of hydrogen-bond acceptors (Lipinski definition) is 5. The highest BCUT2D eigenvalue weighted by Crippen LogP contribution is 2.26. The summed E-state index contributed by atoms with van der Waals surface area (Å²) in [6.45, 7) is 0.0304. The molecule has 37 heavy (non-hydrogen) atoms. The summed E-state index contributed by atoms with van der Waals surface area (Å²) in [7, 11) is 0. The van der Waals surface area contributed by atoms with Crippen LogP contribution >= 0.6 is 23.2 Å². The first-order valence-corrected chi connectivity index (χ1v) is 11.5. The van der Waals surface area contributed by atoms with E-state index >= 15 is 0 Å². The Balaban J connectivity index is 1.83. The molecule has 0 amide bonds. The van der Waals surface area contributed by atoms with Gasteiger partial charge in [0.2, 0.25) is 0 Å². The van der Waals surface area contributed by atoms with E-state index in [4.69, 9.17) is 23.2 Å². The SMILES string of the molecule is C[C@H](O)c1nc(Cn2cc(-c3ccc(Cl)cc3)n(C[C@H](O)C(F)(F)F)c2=O)n(-c2cc(F)cc(Cl)c2)n1. The molecular formula is C23H19Cl2F4N5O3. The molecule has 0 aliphatic heterocycles. The summed E-state index contributed by atoms with van der Waals surface area (Å²) in [6, 6.07) is 9.61. The zero-order valence-corrected chi connectivity index (χ0v) is 20.5. The minimum atomic E-state index is -4.96. The average molecular weight is 560 g/mol. The fourth-order valence-corrected chi connectivity index (χ4v) is 3.95. The van der Waals surface area contributed by atoms with E-state index in [0.717, 1.165) is 21.3 Å². The van der Waals surface area contributed by atoms with E-state index in [1.165, 1.54) is 48.1 Å². The maximum atomic E-state index is 14.0. The van der Waals surface area contributed by atoms with Gasteiger partial charge >= 0.3 is 11.9 Å². The fraction of sp³-hybridized carbons (Fsp3) is 0.261. The third-order valence-electron chi connectivity index (χ3n) is 5.39. The van der Waals surface area contributed by atoms with Crippen molar-refractivity contribution in [2.24, 2.45) is 0 Å². The Bertz CT molecular complexity index is 1460. The van der Waals surface area contributed by atoms with E-state index in [1.807, 2.05) is 0 Å². The molecule has 4 rings (SSSR count). The number of aliphatic hydroxyl groups excluding tert-OH is 2. The van der Waals surface area contributed by atoms with Gasteiger partial charge in [-0.2, -0.15) is 13.2 Å². The van der Waals surface area contributed by atoms with Crippen molar-refractivity contribution >= 4 is 23.2 Å². The summed E-state index contributed by atoms with van der Waals surface area (Å²) >= 11 is 11.9. The molecule has 2 heterocycles. The molecule has 2 atom stereocenters. The molecule has 8 nitrogen and oxygen atoms in total. The van der Waals surface area contributed by atoms with E-state index in [0.29, 0.717) is 10.6 Å². The second kappa shape index (κ2) is 10.3. The van der Waals surface area contributed by atoms with Crippen LogP contribution in [-0.4, -0.2) is 46.4 Å². The lowest BCUT2D eigenvalue weighted by Gasteiger charge is -2.16. The molecule has 2 N–H and O–H groups in total. The molecule has 0 spiro atoms. The van der Waals surface area contributed by atoms with Crippen molar-refractivity contribution in [1.29, 1.82) is 0 Å². The van der Waals surface area contributed by atoms with E-state index in [1.54, 1.807) is 0 Å². The quantitative estimate of drug-likeness (QED) is 0.328. The summed E-state index contributed by atoms with van der Waals surface area (Å²) in [5.74, 6) is -0.638. The molecule has 0 aliphatic carbocycles. The lowest BCUT2D eigenvalue weighted by atomic mass is 10.1. The molecule has 0 saturated heterocycles. The Labute approximate surface area is 216 Å². The third kappa shape index (κ3) is 5.87. The third-order valence-corrected chi connectivity index (χ3v) is 5.86. The van der Waals surface area contributed by atoms with Gasteiger partial charge in [0.25, 0.3) is 0 Å². The van der Waals surface area contributed by atoms with Crippen molar-refractivity contribution in [3.8, 4) is 16.9 Å². The van der Waals surface area contributed by atoms with Gasteiger partial charge in [-0.3, -0.25) is 9.13 Å². The van der Waals surface area contributed by atoms with Gasteiger partial charge in [-0.1, -0.05) is 35.3 Å². The Morgan fingerprint density at radius 1 is 1.05 bits per heavy atom. The summed E-state index contributed by atoms with van der Waals surface area (Å²) in [4.78, 5) is 17.5. The molecule has 0 radical (unpaired) electrons. The zero-order valence-electron chi connectivity index (χ0n) is 19.0. The Morgan fingerprint density at radius 3 is 2.32 bits per heavy atom. The number of imidazole rings is 1. The highest BCUT2D eigenvalue weighted by Gasteiger charge is 2.39. The fourth-order valence-electron chi connectivity index (χ4n) is 3.61. The molecule has 0 aliphatic rings. The summed E-state index contributed by atoms with van der Waals surface area (Å²) in [5, 5.41) is 24.3. The first-order valence-electron chi connectivity index (χ1n) is 10.7. The number of benzene rings is 2. The summed E-state index contributed by atoms with van der Waals surface area (Å²) < 4.78 is 56.4. The van der Waals surface area contributed by atoms with Crippen LogP contribution in [0.25, 0.3) is 16.9 Å². The molecule has 196 valence electrons. The van der Waals surface area contributed by atoms with Crippen molar-refractivity contribution in [2.75, 3.05) is 0 Å². The number of aliphatic hydroxyl groups is 2. The number of nitrogens with zero attached hydrogens (tertiary/aromatic N) is 5. The van der Waals surface area contributed by atoms with Crippen LogP contribution in [0.5, 0.6) is 0 Å². The second-order valence-electron chi connectivity index (χ2n) is 8.20. The second-order valence-corrected chi connectivity index (χ2v) is 9.07. The van der Waals surface area contributed by atoms with Gasteiger partial charge in [-0.05, 0) is 42.8 Å². The molecule has 0 fully saturated rings. The Kier molecular flexibility index (Phi) is 7.47. The maximum Gasteiger partial charge on any atom is 0.416 e. The zero-order chi connectivity index (χ0) is 27.1. The van der Waals surface area contributed by atoms with Gasteiger partial charge in [0.15, 0.2) is 17.8 Å². The smallest absolute Gasteiger partial charge is 0.385 e. The molecule has 14 heteroatoms. The highest BCUT2D eigenvalue weighted by atomic mass is 35.5. The molecule has 2 aromatic heterocycles. The lowest BCUT2D eigenvalue weighted by molar-refractivity contribution is -0.207. The minimum Gasteiger partial charge on any atom is -0.385 e. The average Bonchev–Trinajstić information content (AvgIpc) is 3.36. The number of halogens is 6. The van der Waals surface area contributed by atoms with Crippen molar-refractivity contribution < 1.29 is 27.8 Å². The molecule has 0 saturated carbocycles. The van der Waals surface area contributed by atoms with Crippen molar-refractivity contribution in [3.05, 3.63) is 86.7 Å². The van der Waals surface area contributed by atoms with Gasteiger partial charge in [0.1, 0.15) is 11.9 Å². The van der Waals surface area contributed by atoms with E-state index in [9.17, 15) is 32.6 Å². The predicted octanol–water partition coefficient (Wildman–Crippen LogP) is 4.37. The Hall–Kier alpha value is -3.19. The van der Waals surface area contributed by atoms with Crippen LogP contribution in [0.15, 0.2) is 53.5 Å². The lowest BCUT2D eigenvalue weighted by Crippen LogP contribution is -2.37. The van der Waals surface area contributed by atoms with Gasteiger partial charge in [-0.15, -0.1) is 5.10 Å². The normalized spacial score (nSPS) is 13.6. The molecule has 0 bridgehead atoms. The van der Waals surface area contributed by atoms with Gasteiger partial charge in [0.05, 0.1) is 24.5 Å². The predicted molar refractivity (Wildman–Crippen MR) is 127 cm³/mol. The van der Waals surface area contributed by atoms with Gasteiger partial charge < -0.3 is 10.2 Å². The van der Waals surface area contributed by atoms with Crippen LogP contribution in [0.1, 0.15) is 24.7 Å². The first-order chi connectivity index (χ1) is 17.3. The largest absolute Gasteiger partial charge is 0.416 e. The maximum absolute atomic E-state index is 14.0. The van der Waals surface area contributed by atoms with Crippen molar-refractivity contribution in [3.63, 3.8) is 0 Å². The summed E-state index contributed by atoms with van der Waals surface area (Å²) in [5.41, 5.74) is -0.269. The Morgan fingerprint density at radius 2 is 1.73 bits per heavy atom. The number of hydrogen-bond donors (Lipinski definition) is 2. The minimum absolute atomic E-state index is 0.0340. The first kappa shape index (κ1) is 26.9. The van der Waals surface area contributed by atoms with E-state index < -0.39 is 36.4 Å². The van der Waals surface area contributed by atoms with Crippen LogP contribution in [0.3, 0.4) is 0 Å². The number of aromatic nitrogens is 5. The van der Waals surface area contributed by atoms with Crippen molar-refractivity contribution in [1.82, 2.24) is 23.9 Å². The standard InChI is InChI=1S/C23H19Cl2F4N5O3/c1-12(35)21-30-20(34(31-21)17-7-15(25)6-16(26)8-17)11-32-9-18(13-2-4-14(24)5-3-13)33(22(32)37)10-19(36)23(27,28)29/h2-9,12,19,35-36H,10-11H2,1H3/t12-,19-/m0/s1. The van der Waals surface area contributed by atoms with Crippen LogP contribution in [0.2, 0.25) is 10.0 Å². The van der Waals surface area contributed by atoms with Crippen LogP contribution in [0, 0.1) is 5.82 Å². The number of alkyl halides is 3. The van der Waals surface area contributed by atoms with Gasteiger partial charge in [-0.25, -0.2) is 18.9 Å². The summed E-state index contributed by atoms with van der Waals surface area (Å²) in [6.07, 6.45) is -7.57. The highest BCUT2D eigenvalue weighted by molar-refractivity contribution is 6.31. The molecule has 4 aromatic rings. The monoisotopic (exact) mass is 559 g/mol. The van der Waals surface area contributed by atoms with E-state index in [-0.39, 0.29) is 34.6 Å². The van der Waals surface area contributed by atoms with Crippen LogP contribution in [0.4, 0.5) is 17.6 Å². The van der Waals surface area contributed by atoms with Crippen LogP contribution in [-0.2, 0) is 13.1 Å². The molecule has 0 unspecified atom stereocenters. The molecular weight excluding hydrogens is 541 g/mol. The number of rotatable bonds is 7. The van der Waals surface area contributed by atoms with Crippen molar-refractivity contribution in [2.45, 2.75) is 38.4 Å². The van der Waals surface area contributed by atoms with Crippen LogP contribution < -0.4 is 5.69 Å². The topological polar surface area (TPSA) is 98.1 Å². The van der Waals surface area contributed by atoms with Gasteiger partial charge in [0, 0.05) is 16.2 Å². The van der Waals surface area contributed by atoms with E-state index in [2.05, 4.69) is 10.1 Å².